The Balaban J connectivity index is 2.17. The summed E-state index contributed by atoms with van der Waals surface area (Å²) in [6, 6.07) is 6.61. The van der Waals surface area contributed by atoms with Gasteiger partial charge in [0.25, 0.3) is 11.6 Å². The maximum atomic E-state index is 12.6. The van der Waals surface area contributed by atoms with Gasteiger partial charge in [0.15, 0.2) is 18.1 Å². The maximum Gasteiger partial charge on any atom is 0.340 e. The molecule has 2 amide bonds. The van der Waals surface area contributed by atoms with Crippen LogP contribution in [0.3, 0.4) is 0 Å². The molecular weight excluding hydrogens is 438 g/mol. The topological polar surface area (TPSA) is 155 Å². The normalized spacial score (nSPS) is 10.1. The first-order valence-electron chi connectivity index (χ1n) is 9.61. The Bertz CT molecular complexity index is 1070. The molecule has 0 fully saturated rings. The van der Waals surface area contributed by atoms with Gasteiger partial charge in [0.05, 0.1) is 43.1 Å². The summed E-state index contributed by atoms with van der Waals surface area (Å²) in [7, 11) is 2.75. The molecule has 12 nitrogen and oxygen atoms in total. The van der Waals surface area contributed by atoms with Crippen molar-refractivity contribution >= 4 is 34.8 Å². The number of amides is 2. The molecule has 0 aliphatic heterocycles. The first-order valence-corrected chi connectivity index (χ1v) is 9.61. The SMILES string of the molecule is CCOc1ccc(NC(=O)COC(=O)c2cc(OC)c(OC)cc2NC(C)=O)c([N+](=O)[O-])c1. The molecule has 0 heterocycles. The van der Waals surface area contributed by atoms with Gasteiger partial charge in [-0.2, -0.15) is 0 Å². The van der Waals surface area contributed by atoms with Gasteiger partial charge in [0.1, 0.15) is 11.4 Å². The molecule has 0 aliphatic rings. The average Bonchev–Trinajstić information content (AvgIpc) is 2.77. The Labute approximate surface area is 188 Å². The van der Waals surface area contributed by atoms with Crippen molar-refractivity contribution in [2.24, 2.45) is 0 Å². The highest BCUT2D eigenvalue weighted by atomic mass is 16.6. The van der Waals surface area contributed by atoms with Crippen LogP contribution in [0.5, 0.6) is 17.2 Å². The lowest BCUT2D eigenvalue weighted by Gasteiger charge is -2.14. The molecule has 0 saturated heterocycles. The zero-order chi connectivity index (χ0) is 24.5. The van der Waals surface area contributed by atoms with E-state index in [1.165, 1.54) is 51.5 Å². The monoisotopic (exact) mass is 461 g/mol. The standard InChI is InChI=1S/C21H23N3O9/c1-5-32-13-6-7-15(17(8-13)24(28)29)23-20(26)11-33-21(27)14-9-18(30-3)19(31-4)10-16(14)22-12(2)25/h6-10H,5,11H2,1-4H3,(H,22,25)(H,23,26). The second kappa shape index (κ2) is 11.3. The van der Waals surface area contributed by atoms with Crippen LogP contribution in [0.15, 0.2) is 30.3 Å². The molecule has 2 N–H and O–H groups in total. The van der Waals surface area contributed by atoms with Gasteiger partial charge in [-0.15, -0.1) is 0 Å². The third-order valence-electron chi connectivity index (χ3n) is 4.14. The number of nitrogens with one attached hydrogen (secondary N) is 2. The second-order valence-corrected chi connectivity index (χ2v) is 6.43. The van der Waals surface area contributed by atoms with Gasteiger partial charge in [-0.25, -0.2) is 4.79 Å². The van der Waals surface area contributed by atoms with Crippen LogP contribution in [0.4, 0.5) is 17.1 Å². The number of esters is 1. The fourth-order valence-electron chi connectivity index (χ4n) is 2.76. The van der Waals surface area contributed by atoms with E-state index in [2.05, 4.69) is 10.6 Å². The van der Waals surface area contributed by atoms with E-state index in [1.807, 2.05) is 0 Å². The Kier molecular flexibility index (Phi) is 8.55. The summed E-state index contributed by atoms with van der Waals surface area (Å²) in [5.74, 6) is -1.45. The van der Waals surface area contributed by atoms with Crippen molar-refractivity contribution < 1.29 is 38.3 Å². The van der Waals surface area contributed by atoms with Crippen LogP contribution in [0.1, 0.15) is 24.2 Å². The van der Waals surface area contributed by atoms with Gasteiger partial charge >= 0.3 is 5.97 Å². The van der Waals surface area contributed by atoms with Crippen LogP contribution < -0.4 is 24.8 Å². The number of methoxy groups -OCH3 is 2. The molecule has 0 aromatic heterocycles. The van der Waals surface area contributed by atoms with E-state index in [0.717, 1.165) is 0 Å². The molecule has 0 saturated carbocycles. The zero-order valence-electron chi connectivity index (χ0n) is 18.4. The molecule has 0 radical (unpaired) electrons. The third-order valence-corrected chi connectivity index (χ3v) is 4.14. The van der Waals surface area contributed by atoms with Crippen LogP contribution in [-0.2, 0) is 14.3 Å². The van der Waals surface area contributed by atoms with E-state index in [-0.39, 0.29) is 39.9 Å². The van der Waals surface area contributed by atoms with E-state index >= 15 is 0 Å². The van der Waals surface area contributed by atoms with Crippen molar-refractivity contribution in [2.45, 2.75) is 13.8 Å². The molecule has 33 heavy (non-hydrogen) atoms. The molecule has 176 valence electrons. The van der Waals surface area contributed by atoms with E-state index in [4.69, 9.17) is 18.9 Å². The summed E-state index contributed by atoms with van der Waals surface area (Å²) in [5.41, 5.74) is -0.460. The number of hydrogen-bond donors (Lipinski definition) is 2. The highest BCUT2D eigenvalue weighted by Crippen LogP contribution is 2.34. The zero-order valence-corrected chi connectivity index (χ0v) is 18.4. The van der Waals surface area contributed by atoms with Gasteiger partial charge in [-0.1, -0.05) is 0 Å². The Morgan fingerprint density at radius 1 is 1.00 bits per heavy atom. The molecule has 2 aromatic rings. The van der Waals surface area contributed by atoms with Gasteiger partial charge in [0.2, 0.25) is 5.91 Å². The number of nitro groups is 1. The summed E-state index contributed by atoms with van der Waals surface area (Å²) in [5, 5.41) is 16.1. The minimum absolute atomic E-state index is 0.0808. The number of carbonyl (C=O) groups excluding carboxylic acids is 3. The summed E-state index contributed by atoms with van der Waals surface area (Å²) in [6.45, 7) is 2.56. The van der Waals surface area contributed by atoms with E-state index in [9.17, 15) is 24.5 Å². The third kappa shape index (κ3) is 6.56. The molecule has 0 unspecified atom stereocenters. The lowest BCUT2D eigenvalue weighted by atomic mass is 10.1. The number of nitro benzene ring substituents is 1. The van der Waals surface area contributed by atoms with E-state index in [0.29, 0.717) is 6.61 Å². The molecule has 2 aromatic carbocycles. The van der Waals surface area contributed by atoms with Crippen molar-refractivity contribution in [1.29, 1.82) is 0 Å². The van der Waals surface area contributed by atoms with Crippen molar-refractivity contribution in [1.82, 2.24) is 0 Å². The van der Waals surface area contributed by atoms with Gasteiger partial charge in [-0.3, -0.25) is 19.7 Å². The highest BCUT2D eigenvalue weighted by molar-refractivity contribution is 6.03. The van der Waals surface area contributed by atoms with Crippen molar-refractivity contribution in [3.8, 4) is 17.2 Å². The Morgan fingerprint density at radius 3 is 2.24 bits per heavy atom. The predicted octanol–water partition coefficient (Wildman–Crippen LogP) is 2.76. The molecule has 0 bridgehead atoms. The quantitative estimate of drug-likeness (QED) is 0.308. The summed E-state index contributed by atoms with van der Waals surface area (Å²) in [4.78, 5) is 47.0. The summed E-state index contributed by atoms with van der Waals surface area (Å²) in [6.07, 6.45) is 0. The van der Waals surface area contributed by atoms with Crippen LogP contribution in [0, 0.1) is 10.1 Å². The lowest BCUT2D eigenvalue weighted by molar-refractivity contribution is -0.384. The number of rotatable bonds is 10. The summed E-state index contributed by atoms with van der Waals surface area (Å²) < 4.78 is 20.6. The van der Waals surface area contributed by atoms with Crippen LogP contribution in [0.25, 0.3) is 0 Å². The number of ether oxygens (including phenoxy) is 4. The second-order valence-electron chi connectivity index (χ2n) is 6.43. The molecule has 0 spiro atoms. The molecule has 0 atom stereocenters. The van der Waals surface area contributed by atoms with Gasteiger partial charge < -0.3 is 29.6 Å². The van der Waals surface area contributed by atoms with Crippen LogP contribution in [-0.4, -0.2) is 50.1 Å². The number of carbonyl (C=O) groups is 3. The fourth-order valence-corrected chi connectivity index (χ4v) is 2.76. The van der Waals surface area contributed by atoms with Gasteiger partial charge in [0, 0.05) is 19.1 Å². The number of benzene rings is 2. The van der Waals surface area contributed by atoms with E-state index < -0.39 is 29.3 Å². The average molecular weight is 461 g/mol. The molecule has 0 aliphatic carbocycles. The lowest BCUT2D eigenvalue weighted by Crippen LogP contribution is -2.22. The minimum Gasteiger partial charge on any atom is -0.494 e. The fraction of sp³-hybridized carbons (Fsp3) is 0.286. The minimum atomic E-state index is -0.934. The Hall–Kier alpha value is -4.35. The van der Waals surface area contributed by atoms with Crippen LogP contribution in [0.2, 0.25) is 0 Å². The number of nitrogens with zero attached hydrogens (tertiary/aromatic N) is 1. The predicted molar refractivity (Wildman–Crippen MR) is 117 cm³/mol. The molecule has 12 heteroatoms. The first-order chi connectivity index (χ1) is 15.7. The van der Waals surface area contributed by atoms with Crippen LogP contribution >= 0.6 is 0 Å². The van der Waals surface area contributed by atoms with Crippen molar-refractivity contribution in [2.75, 3.05) is 38.1 Å². The van der Waals surface area contributed by atoms with Crippen molar-refractivity contribution in [3.05, 3.63) is 46.0 Å². The highest BCUT2D eigenvalue weighted by Gasteiger charge is 2.21. The number of hydrogen-bond acceptors (Lipinski definition) is 9. The largest absolute Gasteiger partial charge is 0.494 e. The smallest absolute Gasteiger partial charge is 0.340 e. The number of anilines is 2. The maximum absolute atomic E-state index is 12.6. The molecular formula is C21H23N3O9. The van der Waals surface area contributed by atoms with Gasteiger partial charge in [-0.05, 0) is 19.1 Å². The van der Waals surface area contributed by atoms with Crippen molar-refractivity contribution in [3.63, 3.8) is 0 Å². The van der Waals surface area contributed by atoms with E-state index in [1.54, 1.807) is 6.92 Å². The molecule has 2 rings (SSSR count). The first kappa shape index (κ1) is 24.9. The summed E-state index contributed by atoms with van der Waals surface area (Å²) >= 11 is 0. The Morgan fingerprint density at radius 2 is 1.67 bits per heavy atom.